The van der Waals surface area contributed by atoms with Crippen LogP contribution in [0.2, 0.25) is 0 Å². The van der Waals surface area contributed by atoms with Crippen molar-refractivity contribution in [3.05, 3.63) is 59.4 Å². The third-order valence-electron chi connectivity index (χ3n) is 5.72. The molecule has 7 heteroatoms. The fourth-order valence-electron chi connectivity index (χ4n) is 3.93. The Bertz CT molecular complexity index is 893. The number of carbonyl (C=O) groups is 1. The van der Waals surface area contributed by atoms with Gasteiger partial charge in [0.05, 0.1) is 29.4 Å². The van der Waals surface area contributed by atoms with Gasteiger partial charge < -0.3 is 10.2 Å². The molecule has 0 spiro atoms. The van der Waals surface area contributed by atoms with E-state index in [-0.39, 0.29) is 5.91 Å². The summed E-state index contributed by atoms with van der Waals surface area (Å²) >= 11 is 0. The lowest BCUT2D eigenvalue weighted by Gasteiger charge is -2.27. The zero-order chi connectivity index (χ0) is 20.6. The molecule has 1 saturated carbocycles. The van der Waals surface area contributed by atoms with E-state index in [0.717, 1.165) is 17.8 Å². The Morgan fingerprint density at radius 2 is 1.97 bits per heavy atom. The molecule has 29 heavy (non-hydrogen) atoms. The number of halogens is 3. The maximum absolute atomic E-state index is 12.9. The van der Waals surface area contributed by atoms with Gasteiger partial charge in [-0.1, -0.05) is 24.3 Å². The Kier molecular flexibility index (Phi) is 5.00. The Labute approximate surface area is 168 Å². The number of pyridine rings is 1. The van der Waals surface area contributed by atoms with Gasteiger partial charge in [0.15, 0.2) is 0 Å². The van der Waals surface area contributed by atoms with E-state index >= 15 is 0 Å². The third kappa shape index (κ3) is 4.71. The average molecular weight is 403 g/mol. The van der Waals surface area contributed by atoms with Gasteiger partial charge in [0, 0.05) is 19.3 Å². The maximum atomic E-state index is 12.9. The second-order valence-corrected chi connectivity index (χ2v) is 8.40. The van der Waals surface area contributed by atoms with E-state index in [1.54, 1.807) is 0 Å². The van der Waals surface area contributed by atoms with E-state index in [4.69, 9.17) is 0 Å². The summed E-state index contributed by atoms with van der Waals surface area (Å²) in [6.45, 7) is 2.94. The standard InChI is InChI=1S/C22H24F3N3O/c1-21(27-20(29)10-15-2-4-16(5-3-15)17-6-7-17)8-9-28(14-21)19-11-18(12-26-13-19)22(23,24)25/h2-5,11-13,17H,6-10,14H2,1H3,(H,27,29). The summed E-state index contributed by atoms with van der Waals surface area (Å²) < 4.78 is 38.8. The minimum Gasteiger partial charge on any atom is -0.368 e. The molecule has 2 aromatic rings. The lowest BCUT2D eigenvalue weighted by atomic mass is 10.0. The number of anilines is 1. The van der Waals surface area contributed by atoms with Gasteiger partial charge in [0.25, 0.3) is 0 Å². The van der Waals surface area contributed by atoms with Gasteiger partial charge in [-0.2, -0.15) is 13.2 Å². The smallest absolute Gasteiger partial charge is 0.368 e. The molecule has 0 bridgehead atoms. The van der Waals surface area contributed by atoms with Crippen LogP contribution in [0.3, 0.4) is 0 Å². The fraction of sp³-hybridized carbons (Fsp3) is 0.455. The molecule has 2 heterocycles. The van der Waals surface area contributed by atoms with Crippen molar-refractivity contribution in [3.8, 4) is 0 Å². The van der Waals surface area contributed by atoms with Crippen LogP contribution >= 0.6 is 0 Å². The minimum atomic E-state index is -4.42. The monoisotopic (exact) mass is 403 g/mol. The molecule has 4 nitrogen and oxygen atoms in total. The molecule has 1 aromatic carbocycles. The highest BCUT2D eigenvalue weighted by molar-refractivity contribution is 5.79. The molecule has 1 aliphatic carbocycles. The highest BCUT2D eigenvalue weighted by Crippen LogP contribution is 2.40. The van der Waals surface area contributed by atoms with E-state index in [9.17, 15) is 18.0 Å². The van der Waals surface area contributed by atoms with Crippen LogP contribution < -0.4 is 10.2 Å². The van der Waals surface area contributed by atoms with E-state index in [1.807, 2.05) is 24.0 Å². The van der Waals surface area contributed by atoms with Crippen molar-refractivity contribution < 1.29 is 18.0 Å². The molecular weight excluding hydrogens is 379 g/mol. The molecule has 0 radical (unpaired) electrons. The number of benzene rings is 1. The molecular formula is C22H24F3N3O. The first-order chi connectivity index (χ1) is 13.7. The highest BCUT2D eigenvalue weighted by Gasteiger charge is 2.37. The lowest BCUT2D eigenvalue weighted by Crippen LogP contribution is -2.48. The van der Waals surface area contributed by atoms with Gasteiger partial charge in [-0.15, -0.1) is 0 Å². The summed E-state index contributed by atoms with van der Waals surface area (Å²) in [7, 11) is 0. The predicted molar refractivity (Wildman–Crippen MR) is 105 cm³/mol. The average Bonchev–Trinajstić information content (AvgIpc) is 3.44. The van der Waals surface area contributed by atoms with Crippen LogP contribution in [0.25, 0.3) is 0 Å². The van der Waals surface area contributed by atoms with Crippen molar-refractivity contribution in [2.75, 3.05) is 18.0 Å². The Morgan fingerprint density at radius 3 is 2.62 bits per heavy atom. The van der Waals surface area contributed by atoms with Crippen LogP contribution in [0.4, 0.5) is 18.9 Å². The molecule has 1 atom stereocenters. The van der Waals surface area contributed by atoms with Gasteiger partial charge >= 0.3 is 6.18 Å². The van der Waals surface area contributed by atoms with Crippen LogP contribution in [0, 0.1) is 0 Å². The zero-order valence-electron chi connectivity index (χ0n) is 16.3. The molecule has 1 unspecified atom stereocenters. The second-order valence-electron chi connectivity index (χ2n) is 8.40. The van der Waals surface area contributed by atoms with Gasteiger partial charge in [-0.3, -0.25) is 9.78 Å². The number of carbonyl (C=O) groups excluding carboxylic acids is 1. The van der Waals surface area contributed by atoms with E-state index in [2.05, 4.69) is 22.4 Å². The molecule has 1 aliphatic heterocycles. The van der Waals surface area contributed by atoms with Crippen molar-refractivity contribution in [2.24, 2.45) is 0 Å². The Hall–Kier alpha value is -2.57. The first-order valence-corrected chi connectivity index (χ1v) is 9.89. The number of aromatic nitrogens is 1. The number of alkyl halides is 3. The summed E-state index contributed by atoms with van der Waals surface area (Å²) in [5.74, 6) is 0.613. The van der Waals surface area contributed by atoms with Gasteiger partial charge in [0.2, 0.25) is 5.91 Å². The number of hydrogen-bond acceptors (Lipinski definition) is 3. The summed E-state index contributed by atoms with van der Waals surface area (Å²) in [6, 6.07) is 9.32. The molecule has 1 aromatic heterocycles. The molecule has 1 saturated heterocycles. The molecule has 2 aliphatic rings. The van der Waals surface area contributed by atoms with E-state index < -0.39 is 17.3 Å². The SMILES string of the molecule is CC1(NC(=O)Cc2ccc(C3CC3)cc2)CCN(c2cncc(C(F)(F)F)c2)C1. The molecule has 2 fully saturated rings. The topological polar surface area (TPSA) is 45.2 Å². The first kappa shape index (κ1) is 19.7. The van der Waals surface area contributed by atoms with Crippen molar-refractivity contribution in [2.45, 2.75) is 50.2 Å². The van der Waals surface area contributed by atoms with Crippen LogP contribution in [0.15, 0.2) is 42.7 Å². The third-order valence-corrected chi connectivity index (χ3v) is 5.72. The van der Waals surface area contributed by atoms with Crippen molar-refractivity contribution in [3.63, 3.8) is 0 Å². The van der Waals surface area contributed by atoms with Gasteiger partial charge in [0.1, 0.15) is 0 Å². The van der Waals surface area contributed by atoms with Gasteiger partial charge in [-0.05, 0) is 49.3 Å². The molecule has 154 valence electrons. The minimum absolute atomic E-state index is 0.0734. The largest absolute Gasteiger partial charge is 0.417 e. The van der Waals surface area contributed by atoms with Crippen molar-refractivity contribution >= 4 is 11.6 Å². The number of amides is 1. The molecule has 1 amide bonds. The summed E-state index contributed by atoms with van der Waals surface area (Å²) in [6.07, 6.45) is 1.29. The summed E-state index contributed by atoms with van der Waals surface area (Å²) in [5.41, 5.74) is 1.48. The zero-order valence-corrected chi connectivity index (χ0v) is 16.3. The van der Waals surface area contributed by atoms with Crippen LogP contribution in [0.1, 0.15) is 48.8 Å². The second kappa shape index (κ2) is 7.35. The highest BCUT2D eigenvalue weighted by atomic mass is 19.4. The predicted octanol–water partition coefficient (Wildman–Crippen LogP) is 4.31. The van der Waals surface area contributed by atoms with Gasteiger partial charge in [-0.25, -0.2) is 0 Å². The maximum Gasteiger partial charge on any atom is 0.417 e. The molecule has 1 N–H and O–H groups in total. The number of nitrogens with zero attached hydrogens (tertiary/aromatic N) is 2. The first-order valence-electron chi connectivity index (χ1n) is 9.89. The number of rotatable bonds is 5. The quantitative estimate of drug-likeness (QED) is 0.809. The Balaban J connectivity index is 1.36. The van der Waals surface area contributed by atoms with Crippen LogP contribution in [-0.4, -0.2) is 29.5 Å². The van der Waals surface area contributed by atoms with E-state index in [0.29, 0.717) is 37.5 Å². The van der Waals surface area contributed by atoms with E-state index in [1.165, 1.54) is 24.6 Å². The lowest BCUT2D eigenvalue weighted by molar-refractivity contribution is -0.137. The van der Waals surface area contributed by atoms with Crippen LogP contribution in [0.5, 0.6) is 0 Å². The van der Waals surface area contributed by atoms with Crippen LogP contribution in [-0.2, 0) is 17.4 Å². The van der Waals surface area contributed by atoms with Crippen molar-refractivity contribution in [1.82, 2.24) is 10.3 Å². The normalized spacial score (nSPS) is 22.0. The Morgan fingerprint density at radius 1 is 1.24 bits per heavy atom. The summed E-state index contributed by atoms with van der Waals surface area (Å²) in [4.78, 5) is 18.1. The van der Waals surface area contributed by atoms with Crippen molar-refractivity contribution in [1.29, 1.82) is 0 Å². The number of hydrogen-bond donors (Lipinski definition) is 1. The fourth-order valence-corrected chi connectivity index (χ4v) is 3.93. The number of nitrogens with one attached hydrogen (secondary N) is 1. The molecule has 4 rings (SSSR count). The summed E-state index contributed by atoms with van der Waals surface area (Å²) in [5, 5.41) is 3.07.